The van der Waals surface area contributed by atoms with Crippen molar-refractivity contribution in [2.75, 3.05) is 12.8 Å². The Bertz CT molecular complexity index is 676. The Hall–Kier alpha value is -2.08. The quantitative estimate of drug-likeness (QED) is 0.674. The Morgan fingerprint density at radius 1 is 1.29 bits per heavy atom. The van der Waals surface area contributed by atoms with Gasteiger partial charge in [0.2, 0.25) is 0 Å². The molecule has 2 N–H and O–H groups in total. The predicted molar refractivity (Wildman–Crippen MR) is 80.6 cm³/mol. The van der Waals surface area contributed by atoms with Crippen molar-refractivity contribution in [1.82, 2.24) is 0 Å². The standard InChI is InChI=1S/C15H13BrFNO3/c1-20-11-3-4-13(16)9(6-11)8-21-15(19)12-7-10(18)2-5-14(12)17/h2-7H,8,18H2,1H3. The van der Waals surface area contributed by atoms with Crippen LogP contribution in [0.2, 0.25) is 0 Å². The van der Waals surface area contributed by atoms with Gasteiger partial charge in [0.05, 0.1) is 12.7 Å². The lowest BCUT2D eigenvalue weighted by atomic mass is 10.2. The number of hydrogen-bond acceptors (Lipinski definition) is 4. The van der Waals surface area contributed by atoms with Gasteiger partial charge in [-0.25, -0.2) is 9.18 Å². The molecule has 0 aliphatic rings. The SMILES string of the molecule is COc1ccc(Br)c(COC(=O)c2cc(N)ccc2F)c1. The van der Waals surface area contributed by atoms with Gasteiger partial charge in [0.15, 0.2) is 0 Å². The van der Waals surface area contributed by atoms with E-state index in [1.54, 1.807) is 25.3 Å². The molecule has 0 aromatic heterocycles. The summed E-state index contributed by atoms with van der Waals surface area (Å²) in [6.07, 6.45) is 0. The zero-order chi connectivity index (χ0) is 15.4. The van der Waals surface area contributed by atoms with E-state index in [1.807, 2.05) is 0 Å². The number of benzene rings is 2. The van der Waals surface area contributed by atoms with Crippen LogP contribution < -0.4 is 10.5 Å². The van der Waals surface area contributed by atoms with Crippen molar-refractivity contribution < 1.29 is 18.7 Å². The van der Waals surface area contributed by atoms with Crippen LogP contribution in [0.1, 0.15) is 15.9 Å². The molecule has 0 aliphatic carbocycles. The second kappa shape index (κ2) is 6.58. The summed E-state index contributed by atoms with van der Waals surface area (Å²) in [5.74, 6) is -0.798. The minimum atomic E-state index is -0.769. The normalized spacial score (nSPS) is 10.2. The molecule has 0 unspecified atom stereocenters. The van der Waals surface area contributed by atoms with Crippen molar-refractivity contribution in [1.29, 1.82) is 0 Å². The summed E-state index contributed by atoms with van der Waals surface area (Å²) in [4.78, 5) is 11.9. The minimum Gasteiger partial charge on any atom is -0.497 e. The van der Waals surface area contributed by atoms with Gasteiger partial charge < -0.3 is 15.2 Å². The molecule has 4 nitrogen and oxygen atoms in total. The van der Waals surface area contributed by atoms with E-state index in [-0.39, 0.29) is 12.2 Å². The third-order valence-corrected chi connectivity index (χ3v) is 3.60. The number of esters is 1. The van der Waals surface area contributed by atoms with E-state index in [9.17, 15) is 9.18 Å². The molecule has 2 aromatic rings. The Kier molecular flexibility index (Phi) is 4.80. The smallest absolute Gasteiger partial charge is 0.341 e. The third kappa shape index (κ3) is 3.72. The maximum atomic E-state index is 13.6. The van der Waals surface area contributed by atoms with Gasteiger partial charge in [-0.15, -0.1) is 0 Å². The molecule has 0 saturated carbocycles. The number of carbonyl (C=O) groups is 1. The van der Waals surface area contributed by atoms with Gasteiger partial charge in [-0.05, 0) is 36.4 Å². The first-order chi connectivity index (χ1) is 10.0. The average molecular weight is 354 g/mol. The van der Waals surface area contributed by atoms with Gasteiger partial charge in [0, 0.05) is 15.7 Å². The summed E-state index contributed by atoms with van der Waals surface area (Å²) >= 11 is 3.35. The van der Waals surface area contributed by atoms with Crippen LogP contribution in [0.3, 0.4) is 0 Å². The number of rotatable bonds is 4. The van der Waals surface area contributed by atoms with Crippen LogP contribution in [0.5, 0.6) is 5.75 Å². The number of nitrogen functional groups attached to an aromatic ring is 1. The van der Waals surface area contributed by atoms with Crippen molar-refractivity contribution in [3.63, 3.8) is 0 Å². The van der Waals surface area contributed by atoms with Crippen molar-refractivity contribution in [3.8, 4) is 5.75 Å². The van der Waals surface area contributed by atoms with Gasteiger partial charge in [0.25, 0.3) is 0 Å². The largest absolute Gasteiger partial charge is 0.497 e. The molecule has 0 bridgehead atoms. The highest BCUT2D eigenvalue weighted by Gasteiger charge is 2.14. The first kappa shape index (κ1) is 15.3. The number of methoxy groups -OCH3 is 1. The predicted octanol–water partition coefficient (Wildman–Crippen LogP) is 3.54. The van der Waals surface area contributed by atoms with Crippen molar-refractivity contribution in [2.45, 2.75) is 6.61 Å². The Morgan fingerprint density at radius 3 is 2.76 bits per heavy atom. The summed E-state index contributed by atoms with van der Waals surface area (Å²) in [6, 6.07) is 9.04. The van der Waals surface area contributed by atoms with Crippen LogP contribution in [0, 0.1) is 5.82 Å². The van der Waals surface area contributed by atoms with E-state index >= 15 is 0 Å². The van der Waals surface area contributed by atoms with Crippen LogP contribution in [-0.4, -0.2) is 13.1 Å². The minimum absolute atomic E-state index is 0.00907. The molecular formula is C15H13BrFNO3. The fourth-order valence-electron chi connectivity index (χ4n) is 1.71. The molecule has 0 fully saturated rings. The summed E-state index contributed by atoms with van der Waals surface area (Å²) in [6.45, 7) is -0.00907. The summed E-state index contributed by atoms with van der Waals surface area (Å²) in [5, 5.41) is 0. The van der Waals surface area contributed by atoms with Gasteiger partial charge in [0.1, 0.15) is 18.2 Å². The highest BCUT2D eigenvalue weighted by Crippen LogP contribution is 2.23. The molecule has 0 aliphatic heterocycles. The second-order valence-electron chi connectivity index (χ2n) is 4.27. The van der Waals surface area contributed by atoms with Crippen molar-refractivity contribution in [3.05, 3.63) is 57.8 Å². The van der Waals surface area contributed by atoms with Crippen LogP contribution in [0.15, 0.2) is 40.9 Å². The Morgan fingerprint density at radius 2 is 2.05 bits per heavy atom. The molecule has 0 radical (unpaired) electrons. The molecule has 110 valence electrons. The third-order valence-electron chi connectivity index (χ3n) is 2.82. The zero-order valence-electron chi connectivity index (χ0n) is 11.2. The molecule has 0 saturated heterocycles. The summed E-state index contributed by atoms with van der Waals surface area (Å²) in [7, 11) is 1.54. The lowest BCUT2D eigenvalue weighted by molar-refractivity contribution is 0.0466. The Balaban J connectivity index is 2.12. The molecule has 0 atom stereocenters. The van der Waals surface area contributed by atoms with Crippen LogP contribution in [0.25, 0.3) is 0 Å². The molecule has 0 amide bonds. The van der Waals surface area contributed by atoms with E-state index < -0.39 is 11.8 Å². The first-order valence-corrected chi connectivity index (χ1v) is 6.85. The van der Waals surface area contributed by atoms with E-state index in [2.05, 4.69) is 15.9 Å². The van der Waals surface area contributed by atoms with Crippen molar-refractivity contribution >= 4 is 27.6 Å². The first-order valence-electron chi connectivity index (χ1n) is 6.06. The molecule has 6 heteroatoms. The van der Waals surface area contributed by atoms with E-state index in [4.69, 9.17) is 15.2 Å². The van der Waals surface area contributed by atoms with E-state index in [0.29, 0.717) is 17.0 Å². The maximum absolute atomic E-state index is 13.6. The van der Waals surface area contributed by atoms with Gasteiger partial charge in [-0.1, -0.05) is 15.9 Å². The summed E-state index contributed by atoms with van der Waals surface area (Å²) in [5.41, 5.74) is 6.36. The second-order valence-corrected chi connectivity index (χ2v) is 5.13. The lowest BCUT2D eigenvalue weighted by Crippen LogP contribution is -2.08. The fraction of sp³-hybridized carbons (Fsp3) is 0.133. The van der Waals surface area contributed by atoms with Gasteiger partial charge in [-0.3, -0.25) is 0 Å². The monoisotopic (exact) mass is 353 g/mol. The number of anilines is 1. The summed E-state index contributed by atoms with van der Waals surface area (Å²) < 4.78 is 24.5. The van der Waals surface area contributed by atoms with Crippen LogP contribution in [0.4, 0.5) is 10.1 Å². The van der Waals surface area contributed by atoms with Gasteiger partial charge >= 0.3 is 5.97 Å². The van der Waals surface area contributed by atoms with E-state index in [0.717, 1.165) is 10.5 Å². The van der Waals surface area contributed by atoms with Crippen molar-refractivity contribution in [2.24, 2.45) is 0 Å². The molecule has 21 heavy (non-hydrogen) atoms. The highest BCUT2D eigenvalue weighted by molar-refractivity contribution is 9.10. The molecular weight excluding hydrogens is 341 g/mol. The van der Waals surface area contributed by atoms with Crippen LogP contribution in [-0.2, 0) is 11.3 Å². The molecule has 2 aromatic carbocycles. The lowest BCUT2D eigenvalue weighted by Gasteiger charge is -2.09. The van der Waals surface area contributed by atoms with E-state index in [1.165, 1.54) is 12.1 Å². The Labute approximate surface area is 129 Å². The molecule has 0 spiro atoms. The highest BCUT2D eigenvalue weighted by atomic mass is 79.9. The molecule has 0 heterocycles. The maximum Gasteiger partial charge on any atom is 0.341 e. The van der Waals surface area contributed by atoms with Gasteiger partial charge in [-0.2, -0.15) is 0 Å². The number of halogens is 2. The number of nitrogens with two attached hydrogens (primary N) is 1. The fourth-order valence-corrected chi connectivity index (χ4v) is 2.07. The number of hydrogen-bond donors (Lipinski definition) is 1. The number of ether oxygens (including phenoxy) is 2. The van der Waals surface area contributed by atoms with Crippen LogP contribution >= 0.6 is 15.9 Å². The molecule has 2 rings (SSSR count). The zero-order valence-corrected chi connectivity index (χ0v) is 12.8. The average Bonchev–Trinajstić information content (AvgIpc) is 2.48. The topological polar surface area (TPSA) is 61.5 Å². The number of carbonyl (C=O) groups excluding carboxylic acids is 1.